The summed E-state index contributed by atoms with van der Waals surface area (Å²) in [5.74, 6) is -18.0. The molecule has 0 aliphatic rings. The zero-order valence-electron chi connectivity index (χ0n) is 17.4. The minimum absolute atomic E-state index is 0.223. The fraction of sp³-hybridized carbons (Fsp3) is 0. The van der Waals surface area contributed by atoms with Crippen LogP contribution in [0.4, 0.5) is 43.9 Å². The topological polar surface area (TPSA) is 0 Å². The molecule has 0 fully saturated rings. The van der Waals surface area contributed by atoms with Crippen molar-refractivity contribution in [2.45, 2.75) is 0 Å². The molecule has 0 unspecified atom stereocenters. The molecule has 10 heteroatoms. The third kappa shape index (κ3) is 3.39. The summed E-state index contributed by atoms with van der Waals surface area (Å²) in [6, 6.07) is 5.72. The van der Waals surface area contributed by atoms with Crippen LogP contribution < -0.4 is 0 Å². The summed E-state index contributed by atoms with van der Waals surface area (Å²) in [5, 5.41) is -1.76. The summed E-state index contributed by atoms with van der Waals surface area (Å²) in [5.41, 5.74) is -3.02. The summed E-state index contributed by atoms with van der Waals surface area (Å²) in [4.78, 5) is 0. The number of rotatable bonds is 2. The molecule has 0 saturated carbocycles. The summed E-state index contributed by atoms with van der Waals surface area (Å²) in [6.07, 6.45) is 0. The number of fused-ring (bicyclic) bond motifs is 2. The van der Waals surface area contributed by atoms with E-state index in [0.717, 1.165) is 24.3 Å². The van der Waals surface area contributed by atoms with Crippen LogP contribution in [0, 0.1) is 58.2 Å². The van der Waals surface area contributed by atoms with Gasteiger partial charge in [-0.2, -0.15) is 0 Å². The van der Waals surface area contributed by atoms with E-state index in [1.54, 1.807) is 0 Å². The zero-order chi connectivity index (χ0) is 26.0. The molecule has 36 heavy (non-hydrogen) atoms. The van der Waals surface area contributed by atoms with Crippen molar-refractivity contribution in [2.24, 2.45) is 0 Å². The second-order valence-electron chi connectivity index (χ2n) is 7.82. The lowest BCUT2D eigenvalue weighted by Crippen LogP contribution is -2.05. The maximum absolute atomic E-state index is 14.9. The van der Waals surface area contributed by atoms with E-state index in [4.69, 9.17) is 0 Å². The molecule has 0 aliphatic carbocycles. The molecule has 0 nitrogen and oxygen atoms in total. The molecule has 0 N–H and O–H groups in total. The van der Waals surface area contributed by atoms with Crippen LogP contribution in [-0.4, -0.2) is 0 Å². The third-order valence-corrected chi connectivity index (χ3v) is 5.78. The van der Waals surface area contributed by atoms with Crippen LogP contribution in [0.1, 0.15) is 0 Å². The van der Waals surface area contributed by atoms with E-state index in [9.17, 15) is 43.9 Å². The van der Waals surface area contributed by atoms with Gasteiger partial charge in [0.15, 0.2) is 34.9 Å². The molecule has 0 aromatic heterocycles. The van der Waals surface area contributed by atoms with Crippen molar-refractivity contribution in [1.29, 1.82) is 0 Å². The highest BCUT2D eigenvalue weighted by atomic mass is 19.2. The van der Waals surface area contributed by atoms with E-state index in [1.807, 2.05) is 0 Å². The molecule has 0 heterocycles. The molecule has 0 atom stereocenters. The van der Waals surface area contributed by atoms with Gasteiger partial charge in [-0.25, -0.2) is 43.9 Å². The lowest BCUT2D eigenvalue weighted by molar-refractivity contribution is 0.381. The quantitative estimate of drug-likeness (QED) is 0.0965. The Hall–Kier alpha value is -4.08. The van der Waals surface area contributed by atoms with E-state index >= 15 is 0 Å². The van der Waals surface area contributed by atoms with E-state index in [-0.39, 0.29) is 16.5 Å². The first kappa shape index (κ1) is 23.7. The molecule has 0 aliphatic heterocycles. The maximum atomic E-state index is 14.9. The average molecular weight is 510 g/mol. The Morgan fingerprint density at radius 1 is 0.333 bits per heavy atom. The standard InChI is InChI=1S/C26H8F10/c27-9-1-3-11-13(5-9)20(21-22(32)24(34)26(36)25(35)23(21)33)15-8-18(31)17(30)7-14(15)19(11)12-4-2-10(28)6-16(12)29/h1-8H. The molecule has 0 spiro atoms. The van der Waals surface area contributed by atoms with Crippen molar-refractivity contribution in [1.82, 2.24) is 0 Å². The predicted molar refractivity (Wildman–Crippen MR) is 112 cm³/mol. The van der Waals surface area contributed by atoms with Crippen molar-refractivity contribution < 1.29 is 43.9 Å². The molecular formula is C26H8F10. The number of hydrogen-bond acceptors (Lipinski definition) is 0. The normalized spacial score (nSPS) is 11.6. The van der Waals surface area contributed by atoms with Crippen LogP contribution in [0.2, 0.25) is 0 Å². The van der Waals surface area contributed by atoms with Gasteiger partial charge in [0.05, 0.1) is 5.56 Å². The third-order valence-electron chi connectivity index (χ3n) is 5.78. The highest BCUT2D eigenvalue weighted by Gasteiger charge is 2.30. The average Bonchev–Trinajstić information content (AvgIpc) is 2.83. The summed E-state index contributed by atoms with van der Waals surface area (Å²) in [7, 11) is 0. The van der Waals surface area contributed by atoms with Crippen molar-refractivity contribution in [2.75, 3.05) is 0 Å². The Labute approximate surface area is 195 Å². The Bertz CT molecular complexity index is 1710. The molecule has 0 radical (unpaired) electrons. The van der Waals surface area contributed by atoms with Gasteiger partial charge in [-0.1, -0.05) is 6.07 Å². The maximum Gasteiger partial charge on any atom is 0.200 e. The first-order valence-corrected chi connectivity index (χ1v) is 10.0. The van der Waals surface area contributed by atoms with E-state index < -0.39 is 85.5 Å². The van der Waals surface area contributed by atoms with Crippen molar-refractivity contribution >= 4 is 21.5 Å². The summed E-state index contributed by atoms with van der Waals surface area (Å²) in [6.45, 7) is 0. The van der Waals surface area contributed by atoms with Gasteiger partial charge < -0.3 is 0 Å². The highest BCUT2D eigenvalue weighted by Crippen LogP contribution is 2.47. The largest absolute Gasteiger partial charge is 0.207 e. The van der Waals surface area contributed by atoms with Crippen LogP contribution in [0.15, 0.2) is 48.5 Å². The van der Waals surface area contributed by atoms with Crippen LogP contribution in [0.3, 0.4) is 0 Å². The van der Waals surface area contributed by atoms with Crippen molar-refractivity contribution in [3.05, 3.63) is 107 Å². The lowest BCUT2D eigenvalue weighted by atomic mass is 9.85. The van der Waals surface area contributed by atoms with Crippen molar-refractivity contribution in [3.8, 4) is 22.3 Å². The van der Waals surface area contributed by atoms with Gasteiger partial charge in [-0.15, -0.1) is 0 Å². The van der Waals surface area contributed by atoms with Gasteiger partial charge in [0.2, 0.25) is 5.82 Å². The molecule has 0 amide bonds. The van der Waals surface area contributed by atoms with E-state index in [0.29, 0.717) is 24.3 Å². The van der Waals surface area contributed by atoms with Gasteiger partial charge in [0, 0.05) is 22.8 Å². The minimum atomic E-state index is -2.46. The summed E-state index contributed by atoms with van der Waals surface area (Å²) < 4.78 is 143. The fourth-order valence-corrected chi connectivity index (χ4v) is 4.27. The zero-order valence-corrected chi connectivity index (χ0v) is 17.4. The molecule has 5 rings (SSSR count). The number of hydrogen-bond donors (Lipinski definition) is 0. The number of halogens is 10. The second-order valence-corrected chi connectivity index (χ2v) is 7.82. The minimum Gasteiger partial charge on any atom is -0.207 e. The first-order valence-electron chi connectivity index (χ1n) is 10.0. The highest BCUT2D eigenvalue weighted by molar-refractivity contribution is 6.21. The van der Waals surface area contributed by atoms with Crippen LogP contribution in [0.25, 0.3) is 43.8 Å². The fourth-order valence-electron chi connectivity index (χ4n) is 4.27. The van der Waals surface area contributed by atoms with E-state index in [2.05, 4.69) is 0 Å². The molecule has 0 saturated heterocycles. The molecule has 5 aromatic carbocycles. The van der Waals surface area contributed by atoms with E-state index in [1.165, 1.54) is 0 Å². The lowest BCUT2D eigenvalue weighted by Gasteiger charge is -2.19. The monoisotopic (exact) mass is 510 g/mol. The predicted octanol–water partition coefficient (Wildman–Crippen LogP) is 8.72. The van der Waals surface area contributed by atoms with Gasteiger partial charge in [-0.3, -0.25) is 0 Å². The summed E-state index contributed by atoms with van der Waals surface area (Å²) >= 11 is 0. The SMILES string of the molecule is Fc1ccc(-c2c3ccc(F)cc3c(-c3c(F)c(F)c(F)c(F)c3F)c3cc(F)c(F)cc23)c(F)c1. The van der Waals surface area contributed by atoms with Gasteiger partial charge in [0.25, 0.3) is 0 Å². The number of benzene rings is 5. The molecule has 182 valence electrons. The molecule has 5 aromatic rings. The van der Waals surface area contributed by atoms with Crippen LogP contribution in [-0.2, 0) is 0 Å². The Morgan fingerprint density at radius 3 is 1.39 bits per heavy atom. The molecule has 0 bridgehead atoms. The van der Waals surface area contributed by atoms with Gasteiger partial charge >= 0.3 is 0 Å². The Morgan fingerprint density at radius 2 is 0.806 bits per heavy atom. The first-order chi connectivity index (χ1) is 17.0. The van der Waals surface area contributed by atoms with Crippen molar-refractivity contribution in [3.63, 3.8) is 0 Å². The van der Waals surface area contributed by atoms with Gasteiger partial charge in [0.1, 0.15) is 17.5 Å². The van der Waals surface area contributed by atoms with Crippen LogP contribution in [0.5, 0.6) is 0 Å². The smallest absolute Gasteiger partial charge is 0.200 e. The second kappa shape index (κ2) is 8.25. The van der Waals surface area contributed by atoms with Gasteiger partial charge in [-0.05, 0) is 57.9 Å². The molecular weight excluding hydrogens is 502 g/mol. The van der Waals surface area contributed by atoms with Crippen LogP contribution >= 0.6 is 0 Å². The Kier molecular flexibility index (Phi) is 5.42. The Balaban J connectivity index is 2.11.